The van der Waals surface area contributed by atoms with Crippen molar-refractivity contribution in [1.29, 1.82) is 0 Å². The van der Waals surface area contributed by atoms with E-state index in [0.29, 0.717) is 26.2 Å². The first kappa shape index (κ1) is 16.6. The van der Waals surface area contributed by atoms with Gasteiger partial charge in [0.15, 0.2) is 0 Å². The SMILES string of the molecule is COCCOCCCCOS(=O)(=O)C(F)(F)F. The highest BCUT2D eigenvalue weighted by atomic mass is 32.2. The molecule has 0 aromatic heterocycles. The molecule has 0 fully saturated rings. The van der Waals surface area contributed by atoms with Gasteiger partial charge in [-0.3, -0.25) is 4.18 Å². The van der Waals surface area contributed by atoms with Crippen LogP contribution in [-0.4, -0.2) is 47.5 Å². The minimum absolute atomic E-state index is 0.169. The molecule has 0 heterocycles. The molecule has 0 aromatic carbocycles. The van der Waals surface area contributed by atoms with Crippen molar-refractivity contribution in [1.82, 2.24) is 0 Å². The lowest BCUT2D eigenvalue weighted by atomic mass is 10.3. The summed E-state index contributed by atoms with van der Waals surface area (Å²) in [6, 6.07) is 0. The lowest BCUT2D eigenvalue weighted by Gasteiger charge is -2.08. The van der Waals surface area contributed by atoms with E-state index in [4.69, 9.17) is 9.47 Å². The van der Waals surface area contributed by atoms with Gasteiger partial charge in [0, 0.05) is 13.7 Å². The van der Waals surface area contributed by atoms with Gasteiger partial charge in [-0.1, -0.05) is 0 Å². The first-order valence-electron chi connectivity index (χ1n) is 4.83. The Morgan fingerprint density at radius 3 is 2.12 bits per heavy atom. The number of methoxy groups -OCH3 is 1. The van der Waals surface area contributed by atoms with Gasteiger partial charge in [0.25, 0.3) is 0 Å². The van der Waals surface area contributed by atoms with Crippen molar-refractivity contribution in [2.45, 2.75) is 18.3 Å². The fourth-order valence-corrected chi connectivity index (χ4v) is 1.26. The Kier molecular flexibility index (Phi) is 7.68. The number of ether oxygens (including phenoxy) is 2. The third kappa shape index (κ3) is 7.53. The fourth-order valence-electron chi connectivity index (χ4n) is 0.786. The Hall–Kier alpha value is -0.380. The van der Waals surface area contributed by atoms with Crippen molar-refractivity contribution in [3.63, 3.8) is 0 Å². The van der Waals surface area contributed by atoms with Crippen LogP contribution in [0.15, 0.2) is 0 Å². The smallest absolute Gasteiger partial charge is 0.382 e. The van der Waals surface area contributed by atoms with Crippen LogP contribution in [-0.2, 0) is 23.8 Å². The molecule has 9 heteroatoms. The van der Waals surface area contributed by atoms with Gasteiger partial charge >= 0.3 is 15.6 Å². The maximum absolute atomic E-state index is 11.8. The zero-order valence-electron chi connectivity index (χ0n) is 9.33. The Balaban J connectivity index is 3.53. The average Bonchev–Trinajstić information content (AvgIpc) is 2.20. The summed E-state index contributed by atoms with van der Waals surface area (Å²) >= 11 is 0. The van der Waals surface area contributed by atoms with Gasteiger partial charge in [-0.25, -0.2) is 0 Å². The van der Waals surface area contributed by atoms with E-state index in [9.17, 15) is 21.6 Å². The molecule has 0 radical (unpaired) electrons. The Labute approximate surface area is 98.0 Å². The number of hydrogen-bond acceptors (Lipinski definition) is 5. The van der Waals surface area contributed by atoms with Crippen LogP contribution in [0.2, 0.25) is 0 Å². The van der Waals surface area contributed by atoms with Crippen molar-refractivity contribution >= 4 is 10.1 Å². The molecule has 0 spiro atoms. The second-order valence-corrected chi connectivity index (χ2v) is 4.64. The molecule has 0 saturated heterocycles. The summed E-state index contributed by atoms with van der Waals surface area (Å²) in [7, 11) is -3.95. The van der Waals surface area contributed by atoms with E-state index in [-0.39, 0.29) is 6.42 Å². The van der Waals surface area contributed by atoms with Gasteiger partial charge in [-0.05, 0) is 12.8 Å². The normalized spacial score (nSPS) is 12.9. The maximum atomic E-state index is 11.8. The molecule has 0 unspecified atom stereocenters. The first-order valence-corrected chi connectivity index (χ1v) is 6.24. The van der Waals surface area contributed by atoms with Crippen LogP contribution < -0.4 is 0 Å². The maximum Gasteiger partial charge on any atom is 0.523 e. The summed E-state index contributed by atoms with van der Waals surface area (Å²) in [4.78, 5) is 0. The minimum atomic E-state index is -5.46. The van der Waals surface area contributed by atoms with E-state index in [1.165, 1.54) is 7.11 Å². The minimum Gasteiger partial charge on any atom is -0.382 e. The summed E-state index contributed by atoms with van der Waals surface area (Å²) in [6.07, 6.45) is 0.583. The summed E-state index contributed by atoms with van der Waals surface area (Å²) in [5.74, 6) is 0. The summed E-state index contributed by atoms with van der Waals surface area (Å²) < 4.78 is 69.8. The highest BCUT2D eigenvalue weighted by molar-refractivity contribution is 7.87. The molecule has 17 heavy (non-hydrogen) atoms. The molecule has 104 valence electrons. The number of unbranched alkanes of at least 4 members (excludes halogenated alkanes) is 1. The number of halogens is 3. The van der Waals surface area contributed by atoms with Crippen LogP contribution in [0.4, 0.5) is 13.2 Å². The standard InChI is InChI=1S/C8H15F3O5S/c1-14-6-7-15-4-2-3-5-16-17(12,13)8(9,10)11/h2-7H2,1H3. The molecule has 0 aromatic rings. The molecule has 0 atom stereocenters. The van der Waals surface area contributed by atoms with Crippen LogP contribution in [0.25, 0.3) is 0 Å². The van der Waals surface area contributed by atoms with Gasteiger partial charge in [0.05, 0.1) is 19.8 Å². The van der Waals surface area contributed by atoms with Gasteiger partial charge in [0.2, 0.25) is 0 Å². The second-order valence-electron chi connectivity index (χ2n) is 3.03. The predicted molar refractivity (Wildman–Crippen MR) is 52.9 cm³/mol. The van der Waals surface area contributed by atoms with Crippen LogP contribution in [0, 0.1) is 0 Å². The van der Waals surface area contributed by atoms with E-state index >= 15 is 0 Å². The molecule has 0 saturated carbocycles. The van der Waals surface area contributed by atoms with Crippen LogP contribution in [0.1, 0.15) is 12.8 Å². The summed E-state index contributed by atoms with van der Waals surface area (Å²) in [5.41, 5.74) is -5.36. The van der Waals surface area contributed by atoms with E-state index < -0.39 is 22.2 Å². The van der Waals surface area contributed by atoms with Crippen molar-refractivity contribution in [2.75, 3.05) is 33.5 Å². The van der Waals surface area contributed by atoms with Crippen molar-refractivity contribution < 1.29 is 35.2 Å². The highest BCUT2D eigenvalue weighted by Crippen LogP contribution is 2.24. The topological polar surface area (TPSA) is 61.8 Å². The van der Waals surface area contributed by atoms with Crippen LogP contribution in [0.5, 0.6) is 0 Å². The lowest BCUT2D eigenvalue weighted by molar-refractivity contribution is -0.0543. The molecular weight excluding hydrogens is 265 g/mol. The number of rotatable bonds is 9. The van der Waals surface area contributed by atoms with E-state index in [0.717, 1.165) is 0 Å². The Bertz CT molecular complexity index is 288. The van der Waals surface area contributed by atoms with E-state index in [1.807, 2.05) is 0 Å². The predicted octanol–water partition coefficient (Wildman–Crippen LogP) is 1.30. The Morgan fingerprint density at radius 2 is 1.59 bits per heavy atom. The van der Waals surface area contributed by atoms with Crippen molar-refractivity contribution in [3.05, 3.63) is 0 Å². The van der Waals surface area contributed by atoms with E-state index in [1.54, 1.807) is 0 Å². The Morgan fingerprint density at radius 1 is 1.00 bits per heavy atom. The van der Waals surface area contributed by atoms with Gasteiger partial charge in [-0.15, -0.1) is 0 Å². The van der Waals surface area contributed by atoms with Gasteiger partial charge in [-0.2, -0.15) is 21.6 Å². The molecule has 0 N–H and O–H groups in total. The van der Waals surface area contributed by atoms with Gasteiger partial charge in [0.1, 0.15) is 0 Å². The van der Waals surface area contributed by atoms with Gasteiger partial charge < -0.3 is 9.47 Å². The summed E-state index contributed by atoms with van der Waals surface area (Å²) in [6.45, 7) is 0.630. The van der Waals surface area contributed by atoms with E-state index in [2.05, 4.69) is 4.18 Å². The lowest BCUT2D eigenvalue weighted by Crippen LogP contribution is -2.25. The zero-order chi connectivity index (χ0) is 13.4. The van der Waals surface area contributed by atoms with Crippen LogP contribution >= 0.6 is 0 Å². The molecule has 0 amide bonds. The molecule has 0 rings (SSSR count). The highest BCUT2D eigenvalue weighted by Gasteiger charge is 2.47. The molecule has 0 bridgehead atoms. The van der Waals surface area contributed by atoms with Crippen molar-refractivity contribution in [2.24, 2.45) is 0 Å². The average molecular weight is 280 g/mol. The van der Waals surface area contributed by atoms with Crippen LogP contribution in [0.3, 0.4) is 0 Å². The second kappa shape index (κ2) is 7.85. The number of alkyl halides is 3. The molecular formula is C8H15F3O5S. The molecule has 5 nitrogen and oxygen atoms in total. The third-order valence-electron chi connectivity index (χ3n) is 1.64. The molecule has 0 aliphatic rings. The number of hydrogen-bond donors (Lipinski definition) is 0. The summed E-state index contributed by atoms with van der Waals surface area (Å²) in [5, 5.41) is 0. The largest absolute Gasteiger partial charge is 0.523 e. The molecule has 0 aliphatic carbocycles. The third-order valence-corrected chi connectivity index (χ3v) is 2.68. The first-order chi connectivity index (χ1) is 7.81. The quantitative estimate of drug-likeness (QED) is 0.362. The monoisotopic (exact) mass is 280 g/mol. The molecule has 0 aliphatic heterocycles. The fraction of sp³-hybridized carbons (Fsp3) is 1.00. The zero-order valence-corrected chi connectivity index (χ0v) is 10.1. The van der Waals surface area contributed by atoms with Crippen molar-refractivity contribution in [3.8, 4) is 0 Å².